The summed E-state index contributed by atoms with van der Waals surface area (Å²) in [7, 11) is 0. The maximum Gasteiger partial charge on any atom is 0.398 e. The van der Waals surface area contributed by atoms with Gasteiger partial charge in [0.25, 0.3) is 0 Å². The number of halogens is 4. The molecule has 20 heavy (non-hydrogen) atoms. The molecule has 1 aromatic carbocycles. The fourth-order valence-corrected chi connectivity index (χ4v) is 2.45. The van der Waals surface area contributed by atoms with E-state index in [1.54, 1.807) is 0 Å². The lowest BCUT2D eigenvalue weighted by Gasteiger charge is -2.12. The first-order valence-electron chi connectivity index (χ1n) is 6.07. The van der Waals surface area contributed by atoms with Gasteiger partial charge in [-0.05, 0) is 37.5 Å². The Bertz CT molecular complexity index is 526. The van der Waals surface area contributed by atoms with Crippen LogP contribution in [0, 0.1) is 18.7 Å². The number of alkyl halides is 3. The van der Waals surface area contributed by atoms with Crippen molar-refractivity contribution in [3.05, 3.63) is 23.5 Å². The molecule has 0 atom stereocenters. The maximum absolute atomic E-state index is 13.7. The molecule has 0 radical (unpaired) electrons. The fraction of sp³-hybridized carbons (Fsp3) is 0.462. The van der Waals surface area contributed by atoms with E-state index in [0.29, 0.717) is 22.2 Å². The van der Waals surface area contributed by atoms with Crippen LogP contribution in [0.3, 0.4) is 0 Å². The third kappa shape index (κ3) is 4.13. The number of carbonyl (C=O) groups is 1. The molecule has 1 aliphatic carbocycles. The highest BCUT2D eigenvalue weighted by Crippen LogP contribution is 2.34. The molecule has 0 spiro atoms. The number of carbonyl (C=O) groups excluding carboxylic acids is 1. The van der Waals surface area contributed by atoms with E-state index in [0.717, 1.165) is 18.9 Å². The summed E-state index contributed by atoms with van der Waals surface area (Å²) in [4.78, 5) is 11.9. The maximum atomic E-state index is 13.7. The van der Waals surface area contributed by atoms with Crippen LogP contribution in [0.2, 0.25) is 0 Å². The molecule has 0 aromatic heterocycles. The van der Waals surface area contributed by atoms with E-state index >= 15 is 0 Å². The summed E-state index contributed by atoms with van der Waals surface area (Å²) in [6, 6.07) is 2.41. The van der Waals surface area contributed by atoms with Gasteiger partial charge in [0.1, 0.15) is 5.82 Å². The van der Waals surface area contributed by atoms with Gasteiger partial charge in [-0.2, -0.15) is 13.2 Å². The minimum absolute atomic E-state index is 0.0582. The van der Waals surface area contributed by atoms with Crippen LogP contribution in [0.4, 0.5) is 23.2 Å². The number of nitrogens with one attached hydrogen (secondary N) is 1. The molecule has 1 fully saturated rings. The molecule has 2 nitrogen and oxygen atoms in total. The Hall–Kier alpha value is -1.24. The fourth-order valence-electron chi connectivity index (χ4n) is 1.64. The zero-order chi connectivity index (χ0) is 14.9. The van der Waals surface area contributed by atoms with Gasteiger partial charge in [0.05, 0.1) is 11.4 Å². The number of hydrogen-bond acceptors (Lipinski definition) is 2. The quantitative estimate of drug-likeness (QED) is 0.669. The number of amides is 1. The second-order valence-corrected chi connectivity index (χ2v) is 5.78. The molecular formula is C13H13F4NOS. The Morgan fingerprint density at radius 2 is 2.05 bits per heavy atom. The molecule has 2 rings (SSSR count). The highest BCUT2D eigenvalue weighted by atomic mass is 32.2. The van der Waals surface area contributed by atoms with Crippen LogP contribution in [0.5, 0.6) is 0 Å². The SMILES string of the molecule is Cc1cc(F)c(NC(=O)C2CC2)cc1SCC(F)(F)F. The zero-order valence-corrected chi connectivity index (χ0v) is 11.5. The van der Waals surface area contributed by atoms with Gasteiger partial charge in [-0.15, -0.1) is 11.8 Å². The smallest absolute Gasteiger partial charge is 0.323 e. The molecule has 0 saturated heterocycles. The van der Waals surface area contributed by atoms with Crippen molar-refractivity contribution >= 4 is 23.4 Å². The normalized spacial score (nSPS) is 15.2. The Kier molecular flexibility index (Phi) is 4.27. The standard InChI is InChI=1S/C13H13F4NOS/c1-7-4-9(14)10(18-12(19)8-2-3-8)5-11(7)20-6-13(15,16)17/h4-5,8H,2-3,6H2,1H3,(H,18,19). The Morgan fingerprint density at radius 1 is 1.40 bits per heavy atom. The van der Waals surface area contributed by atoms with Crippen molar-refractivity contribution in [3.8, 4) is 0 Å². The molecule has 1 aromatic rings. The summed E-state index contributed by atoms with van der Waals surface area (Å²) in [5.41, 5.74) is 0.360. The van der Waals surface area contributed by atoms with Crippen molar-refractivity contribution in [2.45, 2.75) is 30.8 Å². The molecule has 7 heteroatoms. The molecular weight excluding hydrogens is 294 g/mol. The monoisotopic (exact) mass is 307 g/mol. The van der Waals surface area contributed by atoms with E-state index in [2.05, 4.69) is 5.32 Å². The van der Waals surface area contributed by atoms with Gasteiger partial charge in [-0.3, -0.25) is 4.79 Å². The predicted molar refractivity (Wildman–Crippen MR) is 69.3 cm³/mol. The first kappa shape index (κ1) is 15.2. The molecule has 1 saturated carbocycles. The third-order valence-electron chi connectivity index (χ3n) is 2.86. The first-order chi connectivity index (χ1) is 9.26. The van der Waals surface area contributed by atoms with E-state index in [1.807, 2.05) is 0 Å². The summed E-state index contributed by atoms with van der Waals surface area (Å²) in [5.74, 6) is -2.05. The van der Waals surface area contributed by atoms with Gasteiger partial charge >= 0.3 is 6.18 Å². The number of aryl methyl sites for hydroxylation is 1. The summed E-state index contributed by atoms with van der Waals surface area (Å²) in [6.07, 6.45) is -2.74. The van der Waals surface area contributed by atoms with Crippen molar-refractivity contribution < 1.29 is 22.4 Å². The Morgan fingerprint density at radius 3 is 2.60 bits per heavy atom. The van der Waals surface area contributed by atoms with Crippen molar-refractivity contribution in [2.75, 3.05) is 11.1 Å². The average molecular weight is 307 g/mol. The summed E-state index contributed by atoms with van der Waals surface area (Å²) < 4.78 is 50.3. The van der Waals surface area contributed by atoms with E-state index in [1.165, 1.54) is 13.0 Å². The number of hydrogen-bond donors (Lipinski definition) is 1. The highest BCUT2D eigenvalue weighted by molar-refractivity contribution is 7.99. The van der Waals surface area contributed by atoms with Gasteiger partial charge < -0.3 is 5.32 Å². The van der Waals surface area contributed by atoms with Crippen LogP contribution < -0.4 is 5.32 Å². The molecule has 110 valence electrons. The lowest BCUT2D eigenvalue weighted by Crippen LogP contribution is -2.15. The summed E-state index contributed by atoms with van der Waals surface area (Å²) in [5, 5.41) is 2.43. The van der Waals surface area contributed by atoms with Crippen LogP contribution >= 0.6 is 11.8 Å². The molecule has 1 amide bonds. The summed E-state index contributed by atoms with van der Waals surface area (Å²) >= 11 is 0.585. The zero-order valence-electron chi connectivity index (χ0n) is 10.7. The third-order valence-corrected chi connectivity index (χ3v) is 4.08. The van der Waals surface area contributed by atoms with Gasteiger partial charge in [0.15, 0.2) is 0 Å². The summed E-state index contributed by atoms with van der Waals surface area (Å²) in [6.45, 7) is 1.54. The Labute approximate surface area is 117 Å². The van der Waals surface area contributed by atoms with Crippen LogP contribution in [0.15, 0.2) is 17.0 Å². The second-order valence-electron chi connectivity index (χ2n) is 4.76. The van der Waals surface area contributed by atoms with Crippen LogP contribution in [0.1, 0.15) is 18.4 Å². The van der Waals surface area contributed by atoms with Gasteiger partial charge in [0.2, 0.25) is 5.91 Å². The number of rotatable bonds is 4. The highest BCUT2D eigenvalue weighted by Gasteiger charge is 2.30. The molecule has 1 aliphatic rings. The molecule has 0 heterocycles. The lowest BCUT2D eigenvalue weighted by molar-refractivity contribution is -0.117. The molecule has 1 N–H and O–H groups in total. The van der Waals surface area contributed by atoms with E-state index in [4.69, 9.17) is 0 Å². The second kappa shape index (κ2) is 5.63. The van der Waals surface area contributed by atoms with E-state index in [9.17, 15) is 22.4 Å². The van der Waals surface area contributed by atoms with Crippen molar-refractivity contribution in [2.24, 2.45) is 5.92 Å². The van der Waals surface area contributed by atoms with Crippen LogP contribution in [-0.2, 0) is 4.79 Å². The van der Waals surface area contributed by atoms with Crippen LogP contribution in [0.25, 0.3) is 0 Å². The van der Waals surface area contributed by atoms with Crippen molar-refractivity contribution in [1.29, 1.82) is 0 Å². The van der Waals surface area contributed by atoms with E-state index in [-0.39, 0.29) is 17.5 Å². The number of thioether (sulfide) groups is 1. The van der Waals surface area contributed by atoms with Gasteiger partial charge in [-0.1, -0.05) is 0 Å². The van der Waals surface area contributed by atoms with Gasteiger partial charge in [-0.25, -0.2) is 4.39 Å². The minimum Gasteiger partial charge on any atom is -0.323 e. The van der Waals surface area contributed by atoms with Gasteiger partial charge in [0, 0.05) is 10.8 Å². The Balaban J connectivity index is 2.13. The minimum atomic E-state index is -4.29. The average Bonchev–Trinajstić information content (AvgIpc) is 3.13. The van der Waals surface area contributed by atoms with Crippen LogP contribution in [-0.4, -0.2) is 17.8 Å². The van der Waals surface area contributed by atoms with E-state index < -0.39 is 17.7 Å². The number of anilines is 1. The largest absolute Gasteiger partial charge is 0.398 e. The molecule has 0 bridgehead atoms. The first-order valence-corrected chi connectivity index (χ1v) is 7.05. The number of benzene rings is 1. The molecule has 0 unspecified atom stereocenters. The van der Waals surface area contributed by atoms with Crippen molar-refractivity contribution in [1.82, 2.24) is 0 Å². The lowest BCUT2D eigenvalue weighted by atomic mass is 10.2. The van der Waals surface area contributed by atoms with Crippen molar-refractivity contribution in [3.63, 3.8) is 0 Å². The molecule has 0 aliphatic heterocycles. The topological polar surface area (TPSA) is 29.1 Å². The predicted octanol–water partition coefficient (Wildman–Crippen LogP) is 4.14.